The second-order valence-electron chi connectivity index (χ2n) is 6.74. The standard InChI is InChI=1S/C18H23N5O/c1-13(2)18-21-20-16-12-22(10-11-23(16)18)9-5-8-17-19-14-6-3-4-7-15(14)24-17/h3-4,6-7,13H,5,8-12H2,1-2H3. The van der Waals surface area contributed by atoms with Gasteiger partial charge in [0.1, 0.15) is 17.2 Å². The van der Waals surface area contributed by atoms with E-state index in [1.165, 1.54) is 0 Å². The van der Waals surface area contributed by atoms with Gasteiger partial charge in [-0.2, -0.15) is 0 Å². The summed E-state index contributed by atoms with van der Waals surface area (Å²) in [7, 11) is 0. The molecule has 1 aliphatic heterocycles. The Hall–Kier alpha value is -2.21. The number of rotatable bonds is 5. The van der Waals surface area contributed by atoms with Crippen LogP contribution < -0.4 is 0 Å². The zero-order chi connectivity index (χ0) is 16.5. The lowest BCUT2D eigenvalue weighted by Crippen LogP contribution is -2.35. The SMILES string of the molecule is CC(C)c1nnc2n1CCN(CCCc1nc3ccccc3o1)C2. The lowest BCUT2D eigenvalue weighted by atomic mass is 10.2. The summed E-state index contributed by atoms with van der Waals surface area (Å²) in [5.74, 6) is 3.46. The van der Waals surface area contributed by atoms with E-state index in [-0.39, 0.29) is 0 Å². The normalized spacial score (nSPS) is 15.3. The lowest BCUT2D eigenvalue weighted by molar-refractivity contribution is 0.211. The van der Waals surface area contributed by atoms with Crippen LogP contribution in [0, 0.1) is 0 Å². The van der Waals surface area contributed by atoms with E-state index in [1.54, 1.807) is 0 Å². The van der Waals surface area contributed by atoms with E-state index in [4.69, 9.17) is 4.42 Å². The van der Waals surface area contributed by atoms with Gasteiger partial charge in [-0.25, -0.2) is 4.98 Å². The molecule has 3 heterocycles. The smallest absolute Gasteiger partial charge is 0.195 e. The van der Waals surface area contributed by atoms with E-state index in [0.29, 0.717) is 5.92 Å². The van der Waals surface area contributed by atoms with Crippen LogP contribution in [0.2, 0.25) is 0 Å². The van der Waals surface area contributed by atoms with Crippen molar-refractivity contribution in [3.05, 3.63) is 41.8 Å². The van der Waals surface area contributed by atoms with E-state index in [0.717, 1.165) is 67.7 Å². The number of aromatic nitrogens is 4. The van der Waals surface area contributed by atoms with E-state index in [2.05, 4.69) is 38.5 Å². The van der Waals surface area contributed by atoms with Gasteiger partial charge in [-0.3, -0.25) is 4.90 Å². The molecule has 0 fully saturated rings. The molecule has 0 unspecified atom stereocenters. The topological polar surface area (TPSA) is 60.0 Å². The third kappa shape index (κ3) is 2.94. The van der Waals surface area contributed by atoms with E-state index < -0.39 is 0 Å². The van der Waals surface area contributed by atoms with Crippen LogP contribution in [0.5, 0.6) is 0 Å². The first-order chi connectivity index (χ1) is 11.7. The van der Waals surface area contributed by atoms with Gasteiger partial charge in [0.05, 0.1) is 6.54 Å². The zero-order valence-electron chi connectivity index (χ0n) is 14.3. The van der Waals surface area contributed by atoms with E-state index in [9.17, 15) is 0 Å². The summed E-state index contributed by atoms with van der Waals surface area (Å²) in [6.07, 6.45) is 1.91. The van der Waals surface area contributed by atoms with Crippen LogP contribution in [0.1, 0.15) is 43.7 Å². The van der Waals surface area contributed by atoms with Gasteiger partial charge in [-0.1, -0.05) is 26.0 Å². The van der Waals surface area contributed by atoms with Crippen molar-refractivity contribution in [3.63, 3.8) is 0 Å². The fourth-order valence-electron chi connectivity index (χ4n) is 3.33. The number of benzene rings is 1. The molecule has 2 aromatic heterocycles. The molecule has 6 heteroatoms. The maximum Gasteiger partial charge on any atom is 0.195 e. The third-order valence-electron chi connectivity index (χ3n) is 4.58. The average molecular weight is 325 g/mol. The van der Waals surface area contributed by atoms with Crippen LogP contribution in [0.25, 0.3) is 11.1 Å². The molecule has 0 amide bonds. The predicted molar refractivity (Wildman–Crippen MR) is 91.7 cm³/mol. The number of oxazole rings is 1. The molecule has 0 radical (unpaired) electrons. The Balaban J connectivity index is 1.33. The Morgan fingerprint density at radius 2 is 2.04 bits per heavy atom. The highest BCUT2D eigenvalue weighted by molar-refractivity contribution is 5.72. The van der Waals surface area contributed by atoms with E-state index >= 15 is 0 Å². The molecular formula is C18H23N5O. The summed E-state index contributed by atoms with van der Waals surface area (Å²) in [5.41, 5.74) is 1.82. The van der Waals surface area contributed by atoms with Crippen molar-refractivity contribution >= 4 is 11.1 Å². The molecule has 4 rings (SSSR count). The third-order valence-corrected chi connectivity index (χ3v) is 4.58. The molecular weight excluding hydrogens is 302 g/mol. The van der Waals surface area contributed by atoms with Crippen molar-refractivity contribution in [2.45, 2.75) is 45.7 Å². The van der Waals surface area contributed by atoms with Crippen LogP contribution in [-0.4, -0.2) is 37.7 Å². The molecule has 3 aromatic rings. The van der Waals surface area contributed by atoms with Crippen molar-refractivity contribution in [3.8, 4) is 0 Å². The molecule has 126 valence electrons. The van der Waals surface area contributed by atoms with Gasteiger partial charge in [0.2, 0.25) is 0 Å². The number of hydrogen-bond donors (Lipinski definition) is 0. The minimum absolute atomic E-state index is 0.428. The van der Waals surface area contributed by atoms with Crippen LogP contribution >= 0.6 is 0 Å². The average Bonchev–Trinajstić information content (AvgIpc) is 3.17. The largest absolute Gasteiger partial charge is 0.441 e. The van der Waals surface area contributed by atoms with Crippen molar-refractivity contribution in [2.75, 3.05) is 13.1 Å². The van der Waals surface area contributed by atoms with Gasteiger partial charge >= 0.3 is 0 Å². The summed E-state index contributed by atoms with van der Waals surface area (Å²) in [4.78, 5) is 6.98. The second kappa shape index (κ2) is 6.36. The number of fused-ring (bicyclic) bond motifs is 2. The molecule has 0 saturated carbocycles. The van der Waals surface area contributed by atoms with Crippen molar-refractivity contribution in [1.29, 1.82) is 0 Å². The molecule has 0 N–H and O–H groups in total. The molecule has 0 spiro atoms. The summed E-state index contributed by atoms with van der Waals surface area (Å²) in [5, 5.41) is 8.71. The molecule has 6 nitrogen and oxygen atoms in total. The molecule has 0 saturated heterocycles. The summed E-state index contributed by atoms with van der Waals surface area (Å²) in [6, 6.07) is 7.93. The summed E-state index contributed by atoms with van der Waals surface area (Å²) >= 11 is 0. The number of hydrogen-bond acceptors (Lipinski definition) is 5. The quantitative estimate of drug-likeness (QED) is 0.722. The lowest BCUT2D eigenvalue weighted by Gasteiger charge is -2.27. The molecule has 24 heavy (non-hydrogen) atoms. The first-order valence-electron chi connectivity index (χ1n) is 8.69. The van der Waals surface area contributed by atoms with Gasteiger partial charge in [-0.15, -0.1) is 10.2 Å². The van der Waals surface area contributed by atoms with Gasteiger partial charge < -0.3 is 8.98 Å². The minimum Gasteiger partial charge on any atom is -0.441 e. The summed E-state index contributed by atoms with van der Waals surface area (Å²) in [6.45, 7) is 8.29. The maximum atomic E-state index is 5.79. The number of aryl methyl sites for hydroxylation is 1. The highest BCUT2D eigenvalue weighted by Crippen LogP contribution is 2.19. The van der Waals surface area contributed by atoms with Gasteiger partial charge in [-0.05, 0) is 25.1 Å². The Morgan fingerprint density at radius 1 is 1.17 bits per heavy atom. The molecule has 0 atom stereocenters. The monoisotopic (exact) mass is 325 g/mol. The van der Waals surface area contributed by atoms with Crippen LogP contribution in [0.15, 0.2) is 28.7 Å². The first-order valence-corrected chi connectivity index (χ1v) is 8.69. The highest BCUT2D eigenvalue weighted by Gasteiger charge is 2.22. The highest BCUT2D eigenvalue weighted by atomic mass is 16.3. The first kappa shape index (κ1) is 15.3. The Bertz CT molecular complexity index is 802. The van der Waals surface area contributed by atoms with Crippen molar-refractivity contribution in [1.82, 2.24) is 24.6 Å². The molecule has 1 aromatic carbocycles. The van der Waals surface area contributed by atoms with Gasteiger partial charge in [0.25, 0.3) is 0 Å². The maximum absolute atomic E-state index is 5.79. The Kier molecular flexibility index (Phi) is 4.06. The Morgan fingerprint density at radius 3 is 2.88 bits per heavy atom. The van der Waals surface area contributed by atoms with E-state index in [1.807, 2.05) is 24.3 Å². The number of nitrogens with zero attached hydrogens (tertiary/aromatic N) is 5. The Labute approximate surface area is 141 Å². The van der Waals surface area contributed by atoms with Gasteiger partial charge in [0, 0.05) is 25.4 Å². The fourth-order valence-corrected chi connectivity index (χ4v) is 3.33. The second-order valence-corrected chi connectivity index (χ2v) is 6.74. The van der Waals surface area contributed by atoms with Crippen molar-refractivity contribution in [2.24, 2.45) is 0 Å². The van der Waals surface area contributed by atoms with Crippen LogP contribution in [0.4, 0.5) is 0 Å². The van der Waals surface area contributed by atoms with Crippen LogP contribution in [-0.2, 0) is 19.5 Å². The molecule has 1 aliphatic rings. The number of para-hydroxylation sites is 2. The van der Waals surface area contributed by atoms with Crippen molar-refractivity contribution < 1.29 is 4.42 Å². The molecule has 0 aliphatic carbocycles. The van der Waals surface area contributed by atoms with Crippen LogP contribution in [0.3, 0.4) is 0 Å². The summed E-state index contributed by atoms with van der Waals surface area (Å²) < 4.78 is 8.07. The minimum atomic E-state index is 0.428. The van der Waals surface area contributed by atoms with Gasteiger partial charge in [0.15, 0.2) is 11.5 Å². The predicted octanol–water partition coefficient (Wildman–Crippen LogP) is 2.99. The zero-order valence-corrected chi connectivity index (χ0v) is 14.3. The fraction of sp³-hybridized carbons (Fsp3) is 0.500. The molecule has 0 bridgehead atoms.